The van der Waals surface area contributed by atoms with E-state index >= 15 is 0 Å². The summed E-state index contributed by atoms with van der Waals surface area (Å²) in [5, 5.41) is 9.86. The van der Waals surface area contributed by atoms with E-state index in [1.807, 2.05) is 30.3 Å². The average Bonchev–Trinajstić information content (AvgIpc) is 2.69. The van der Waals surface area contributed by atoms with Crippen LogP contribution in [0.5, 0.6) is 5.75 Å². The number of piperidine rings is 1. The van der Waals surface area contributed by atoms with Gasteiger partial charge in [-0.3, -0.25) is 9.59 Å². The Bertz CT molecular complexity index is 829. The van der Waals surface area contributed by atoms with Crippen LogP contribution in [0.2, 0.25) is 0 Å². The van der Waals surface area contributed by atoms with Crippen LogP contribution in [-0.4, -0.2) is 41.6 Å². The van der Waals surface area contributed by atoms with E-state index in [2.05, 4.69) is 0 Å². The van der Waals surface area contributed by atoms with Crippen LogP contribution in [0.15, 0.2) is 48.5 Å². The van der Waals surface area contributed by atoms with Crippen molar-refractivity contribution in [2.24, 2.45) is 0 Å². The zero-order valence-electron chi connectivity index (χ0n) is 15.2. The first-order valence-electron chi connectivity index (χ1n) is 8.99. The van der Waals surface area contributed by atoms with E-state index in [0.717, 1.165) is 5.56 Å². The second kappa shape index (κ2) is 7.78. The van der Waals surface area contributed by atoms with Gasteiger partial charge in [0.2, 0.25) is 0 Å². The molecule has 0 atom stereocenters. The molecule has 0 unspecified atom stereocenters. The summed E-state index contributed by atoms with van der Waals surface area (Å²) in [5.41, 5.74) is -0.104. The molecule has 0 spiro atoms. The number of carboxylic acids is 1. The first-order chi connectivity index (χ1) is 13.0. The number of ether oxygens (including phenoxy) is 1. The molecule has 5 nitrogen and oxygen atoms in total. The minimum absolute atomic E-state index is 0.0527. The fourth-order valence-electron chi connectivity index (χ4n) is 3.61. The zero-order chi connectivity index (χ0) is 19.4. The predicted octanol–water partition coefficient (Wildman–Crippen LogP) is 3.48. The Kier molecular flexibility index (Phi) is 5.44. The van der Waals surface area contributed by atoms with Crippen molar-refractivity contribution < 1.29 is 23.8 Å². The van der Waals surface area contributed by atoms with E-state index in [1.165, 1.54) is 18.2 Å². The lowest BCUT2D eigenvalue weighted by Gasteiger charge is -2.39. The molecule has 1 saturated heterocycles. The maximum absolute atomic E-state index is 14.0. The summed E-state index contributed by atoms with van der Waals surface area (Å²) >= 11 is 0. The molecule has 0 aliphatic carbocycles. The number of amides is 1. The van der Waals surface area contributed by atoms with Gasteiger partial charge >= 0.3 is 5.97 Å². The van der Waals surface area contributed by atoms with Crippen molar-refractivity contribution >= 4 is 11.9 Å². The van der Waals surface area contributed by atoms with Crippen LogP contribution in [0.4, 0.5) is 4.39 Å². The molecule has 0 saturated carbocycles. The Morgan fingerprint density at radius 3 is 2.37 bits per heavy atom. The molecule has 1 fully saturated rings. The van der Waals surface area contributed by atoms with Crippen molar-refractivity contribution in [3.63, 3.8) is 0 Å². The van der Waals surface area contributed by atoms with Gasteiger partial charge in [-0.05, 0) is 37.5 Å². The Balaban J connectivity index is 1.82. The van der Waals surface area contributed by atoms with E-state index < -0.39 is 17.2 Å². The molecule has 3 rings (SSSR count). The number of para-hydroxylation sites is 1. The number of aliphatic carboxylic acids is 1. The molecule has 1 heterocycles. The summed E-state index contributed by atoms with van der Waals surface area (Å²) in [6, 6.07) is 13.4. The van der Waals surface area contributed by atoms with Crippen molar-refractivity contribution in [3.05, 3.63) is 65.5 Å². The third-order valence-corrected chi connectivity index (χ3v) is 5.13. The van der Waals surface area contributed by atoms with Gasteiger partial charge in [-0.2, -0.15) is 0 Å². The second-order valence-electron chi connectivity index (χ2n) is 6.60. The largest absolute Gasteiger partial charge is 0.490 e. The van der Waals surface area contributed by atoms with Crippen LogP contribution in [0.1, 0.15) is 35.7 Å². The number of hydrogen-bond acceptors (Lipinski definition) is 3. The van der Waals surface area contributed by atoms with Gasteiger partial charge in [-0.25, -0.2) is 4.39 Å². The van der Waals surface area contributed by atoms with Crippen molar-refractivity contribution in [2.45, 2.75) is 25.2 Å². The minimum Gasteiger partial charge on any atom is -0.490 e. The van der Waals surface area contributed by atoms with Crippen LogP contribution in [0.25, 0.3) is 0 Å². The van der Waals surface area contributed by atoms with Gasteiger partial charge in [0.1, 0.15) is 0 Å². The Labute approximate surface area is 157 Å². The normalized spacial score (nSPS) is 16.0. The van der Waals surface area contributed by atoms with Crippen molar-refractivity contribution in [3.8, 4) is 5.75 Å². The quantitative estimate of drug-likeness (QED) is 0.874. The number of rotatable bonds is 5. The number of likely N-dealkylation sites (tertiary alicyclic amines) is 1. The number of carbonyl (C=O) groups excluding carboxylic acids is 1. The molecule has 1 aliphatic heterocycles. The highest BCUT2D eigenvalue weighted by Gasteiger charge is 2.44. The van der Waals surface area contributed by atoms with E-state index in [9.17, 15) is 19.1 Å². The maximum Gasteiger partial charge on any atom is 0.314 e. The van der Waals surface area contributed by atoms with Crippen LogP contribution in [0.3, 0.4) is 0 Å². The van der Waals surface area contributed by atoms with Gasteiger partial charge in [0.25, 0.3) is 5.91 Å². The number of carbonyl (C=O) groups is 2. The Morgan fingerprint density at radius 1 is 1.11 bits per heavy atom. The molecular weight excluding hydrogens is 349 g/mol. The predicted molar refractivity (Wildman–Crippen MR) is 98.5 cm³/mol. The topological polar surface area (TPSA) is 66.8 Å². The molecular formula is C21H22FNO4. The lowest BCUT2D eigenvalue weighted by Crippen LogP contribution is -2.49. The van der Waals surface area contributed by atoms with E-state index in [-0.39, 0.29) is 36.9 Å². The molecule has 27 heavy (non-hydrogen) atoms. The molecule has 1 amide bonds. The molecule has 6 heteroatoms. The van der Waals surface area contributed by atoms with E-state index in [4.69, 9.17) is 4.74 Å². The summed E-state index contributed by atoms with van der Waals surface area (Å²) in [7, 11) is 0. The van der Waals surface area contributed by atoms with Gasteiger partial charge < -0.3 is 14.7 Å². The highest BCUT2D eigenvalue weighted by Crippen LogP contribution is 2.37. The monoisotopic (exact) mass is 371 g/mol. The maximum atomic E-state index is 14.0. The van der Waals surface area contributed by atoms with Gasteiger partial charge in [0.15, 0.2) is 11.6 Å². The molecule has 0 aromatic heterocycles. The van der Waals surface area contributed by atoms with Crippen LogP contribution in [0, 0.1) is 5.82 Å². The third-order valence-electron chi connectivity index (χ3n) is 5.13. The van der Waals surface area contributed by atoms with Crippen LogP contribution >= 0.6 is 0 Å². The summed E-state index contributed by atoms with van der Waals surface area (Å²) in [4.78, 5) is 26.5. The standard InChI is InChI=1S/C21H22FNO4/c1-2-27-18-16(9-6-10-17(18)22)19(24)23-13-11-21(12-14-23,20(25)26)15-7-4-3-5-8-15/h3-10H,2,11-14H2,1H3,(H,25,26). The molecule has 2 aromatic carbocycles. The molecule has 0 radical (unpaired) electrons. The number of carboxylic acid groups (broad SMARTS) is 1. The summed E-state index contributed by atoms with van der Waals surface area (Å²) in [5.74, 6) is -1.86. The number of benzene rings is 2. The lowest BCUT2D eigenvalue weighted by molar-refractivity contribution is -0.145. The fourth-order valence-corrected chi connectivity index (χ4v) is 3.61. The molecule has 2 aromatic rings. The Hall–Kier alpha value is -2.89. The number of halogens is 1. The highest BCUT2D eigenvalue weighted by molar-refractivity contribution is 5.97. The minimum atomic E-state index is -1.01. The van der Waals surface area contributed by atoms with Gasteiger partial charge in [-0.1, -0.05) is 36.4 Å². The third kappa shape index (κ3) is 3.52. The SMILES string of the molecule is CCOc1c(F)cccc1C(=O)N1CCC(C(=O)O)(c2ccccc2)CC1. The Morgan fingerprint density at radius 2 is 1.78 bits per heavy atom. The fraction of sp³-hybridized carbons (Fsp3) is 0.333. The summed E-state index contributed by atoms with van der Waals surface area (Å²) < 4.78 is 19.4. The van der Waals surface area contributed by atoms with Crippen molar-refractivity contribution in [1.29, 1.82) is 0 Å². The molecule has 142 valence electrons. The van der Waals surface area contributed by atoms with E-state index in [0.29, 0.717) is 12.8 Å². The highest BCUT2D eigenvalue weighted by atomic mass is 19.1. The molecule has 1 N–H and O–H groups in total. The van der Waals surface area contributed by atoms with Crippen molar-refractivity contribution in [2.75, 3.05) is 19.7 Å². The number of hydrogen-bond donors (Lipinski definition) is 1. The molecule has 0 bridgehead atoms. The summed E-state index contributed by atoms with van der Waals surface area (Å²) in [6.07, 6.45) is 0.606. The summed E-state index contributed by atoms with van der Waals surface area (Å²) in [6.45, 7) is 2.53. The molecule has 1 aliphatic rings. The zero-order valence-corrected chi connectivity index (χ0v) is 15.2. The van der Waals surface area contributed by atoms with Crippen molar-refractivity contribution in [1.82, 2.24) is 4.90 Å². The first-order valence-corrected chi connectivity index (χ1v) is 8.99. The second-order valence-corrected chi connectivity index (χ2v) is 6.60. The number of nitrogens with zero attached hydrogens (tertiary/aromatic N) is 1. The average molecular weight is 371 g/mol. The lowest BCUT2D eigenvalue weighted by atomic mass is 9.72. The van der Waals surface area contributed by atoms with Gasteiger partial charge in [0, 0.05) is 13.1 Å². The van der Waals surface area contributed by atoms with E-state index in [1.54, 1.807) is 11.8 Å². The van der Waals surface area contributed by atoms with Crippen LogP contribution in [-0.2, 0) is 10.2 Å². The first kappa shape index (κ1) is 18.9. The van der Waals surface area contributed by atoms with Gasteiger partial charge in [0.05, 0.1) is 17.6 Å². The van der Waals surface area contributed by atoms with Crippen LogP contribution < -0.4 is 4.74 Å². The smallest absolute Gasteiger partial charge is 0.314 e. The van der Waals surface area contributed by atoms with Gasteiger partial charge in [-0.15, -0.1) is 0 Å².